The minimum Gasteiger partial charge on any atom is -0.256 e. The van der Waals surface area contributed by atoms with E-state index < -0.39 is 0 Å². The molecule has 1 heterocycles. The van der Waals surface area contributed by atoms with Crippen molar-refractivity contribution in [2.24, 2.45) is 4.99 Å². The van der Waals surface area contributed by atoms with Gasteiger partial charge in [0, 0.05) is 11.8 Å². The first-order valence-electron chi connectivity index (χ1n) is 3.91. The zero-order valence-corrected chi connectivity index (χ0v) is 6.91. The molecule has 0 N–H and O–H groups in total. The second-order valence-corrected chi connectivity index (χ2v) is 2.85. The van der Waals surface area contributed by atoms with Crippen LogP contribution in [0.15, 0.2) is 35.1 Å². The van der Waals surface area contributed by atoms with Gasteiger partial charge in [-0.3, -0.25) is 4.99 Å². The van der Waals surface area contributed by atoms with Crippen molar-refractivity contribution in [2.45, 2.75) is 6.92 Å². The second-order valence-electron chi connectivity index (χ2n) is 2.85. The molecule has 0 amide bonds. The van der Waals surface area contributed by atoms with Gasteiger partial charge >= 0.3 is 0 Å². The van der Waals surface area contributed by atoms with E-state index in [4.69, 9.17) is 0 Å². The molecule has 0 bridgehead atoms. The molecule has 1 aliphatic heterocycles. The maximum absolute atomic E-state index is 4.06. The van der Waals surface area contributed by atoms with E-state index in [9.17, 15) is 0 Å². The Labute approximate surface area is 71.8 Å². The Kier molecular flexibility index (Phi) is 1.65. The minimum atomic E-state index is 1.16. The van der Waals surface area contributed by atoms with Crippen LogP contribution in [-0.4, -0.2) is 6.21 Å². The summed E-state index contributed by atoms with van der Waals surface area (Å²) in [5, 5.41) is 0. The Hall–Kier alpha value is -1.59. The van der Waals surface area contributed by atoms with Gasteiger partial charge in [0.25, 0.3) is 0 Å². The lowest BCUT2D eigenvalue weighted by atomic mass is 10.1. The van der Waals surface area contributed by atoms with Crippen LogP contribution in [-0.2, 0) is 0 Å². The molecule has 0 atom stereocenters. The van der Waals surface area contributed by atoms with Crippen molar-refractivity contribution < 1.29 is 0 Å². The third-order valence-electron chi connectivity index (χ3n) is 1.84. The summed E-state index contributed by atoms with van der Waals surface area (Å²) in [5.74, 6) is 0. The maximum atomic E-state index is 4.06. The molecule has 1 heteroatoms. The van der Waals surface area contributed by atoms with Crippen LogP contribution in [0.1, 0.15) is 16.7 Å². The van der Waals surface area contributed by atoms with Crippen molar-refractivity contribution in [1.29, 1.82) is 0 Å². The average molecular weight is 155 g/mol. The van der Waals surface area contributed by atoms with E-state index in [2.05, 4.69) is 35.8 Å². The Morgan fingerprint density at radius 1 is 1.25 bits per heavy atom. The highest BCUT2D eigenvalue weighted by Gasteiger charge is 1.97. The molecule has 0 saturated heterocycles. The molecule has 0 fully saturated rings. The number of hydrogen-bond donors (Lipinski definition) is 0. The minimum absolute atomic E-state index is 1.16. The third-order valence-corrected chi connectivity index (χ3v) is 1.84. The van der Waals surface area contributed by atoms with E-state index in [1.54, 1.807) is 6.20 Å². The van der Waals surface area contributed by atoms with Gasteiger partial charge in [-0.15, -0.1) is 5.73 Å². The number of benzene rings is 1. The van der Waals surface area contributed by atoms with E-state index in [1.165, 1.54) is 11.1 Å². The first-order chi connectivity index (χ1) is 5.86. The van der Waals surface area contributed by atoms with Crippen LogP contribution >= 0.6 is 0 Å². The lowest BCUT2D eigenvalue weighted by molar-refractivity contribution is 1.45. The van der Waals surface area contributed by atoms with Crippen LogP contribution in [0, 0.1) is 6.92 Å². The fourth-order valence-electron chi connectivity index (χ4n) is 1.23. The topological polar surface area (TPSA) is 12.4 Å². The van der Waals surface area contributed by atoms with Crippen LogP contribution in [0.5, 0.6) is 0 Å². The summed E-state index contributed by atoms with van der Waals surface area (Å²) < 4.78 is 0. The van der Waals surface area contributed by atoms with Crippen LogP contribution in [0.3, 0.4) is 0 Å². The van der Waals surface area contributed by atoms with Crippen molar-refractivity contribution in [3.8, 4) is 0 Å². The SMILES string of the molecule is Cc1ccc2c(c1)C=NC=C=C2. The van der Waals surface area contributed by atoms with Crippen LogP contribution in [0.25, 0.3) is 6.08 Å². The van der Waals surface area contributed by atoms with Gasteiger partial charge in [0.05, 0.1) is 6.20 Å². The van der Waals surface area contributed by atoms with Gasteiger partial charge < -0.3 is 0 Å². The largest absolute Gasteiger partial charge is 0.256 e. The molecule has 0 unspecified atom stereocenters. The molecular weight excluding hydrogens is 146 g/mol. The molecule has 0 saturated carbocycles. The summed E-state index contributed by atoms with van der Waals surface area (Å²) in [7, 11) is 0. The summed E-state index contributed by atoms with van der Waals surface area (Å²) >= 11 is 0. The third kappa shape index (κ3) is 1.23. The van der Waals surface area contributed by atoms with E-state index in [0.29, 0.717) is 0 Å². The zero-order chi connectivity index (χ0) is 8.39. The molecule has 58 valence electrons. The van der Waals surface area contributed by atoms with E-state index in [0.717, 1.165) is 5.56 Å². The smallest absolute Gasteiger partial charge is 0.0686 e. The number of aliphatic imine (C=N–C) groups is 1. The summed E-state index contributed by atoms with van der Waals surface area (Å²) in [6.07, 6.45) is 5.48. The van der Waals surface area contributed by atoms with Gasteiger partial charge in [-0.2, -0.15) is 0 Å². The molecular formula is C11H9N. The van der Waals surface area contributed by atoms with Crippen LogP contribution < -0.4 is 0 Å². The zero-order valence-electron chi connectivity index (χ0n) is 6.91. The number of fused-ring (bicyclic) bond motifs is 1. The highest BCUT2D eigenvalue weighted by atomic mass is 14.7. The molecule has 0 spiro atoms. The predicted octanol–water partition coefficient (Wildman–Crippen LogP) is 2.55. The first kappa shape index (κ1) is 7.08. The standard InChI is InChI=1S/C11H9N/c1-9-4-5-10-3-2-6-12-8-11(10)7-9/h3-8H,1H3. The van der Waals surface area contributed by atoms with Crippen molar-refractivity contribution >= 4 is 12.3 Å². The van der Waals surface area contributed by atoms with E-state index >= 15 is 0 Å². The lowest BCUT2D eigenvalue weighted by Crippen LogP contribution is -1.86. The first-order valence-corrected chi connectivity index (χ1v) is 3.91. The molecule has 1 aromatic rings. The van der Waals surface area contributed by atoms with Crippen molar-refractivity contribution in [3.05, 3.63) is 46.8 Å². The Morgan fingerprint density at radius 2 is 2.17 bits per heavy atom. The van der Waals surface area contributed by atoms with Gasteiger partial charge in [-0.1, -0.05) is 17.7 Å². The van der Waals surface area contributed by atoms with Gasteiger partial charge in [0.2, 0.25) is 0 Å². The summed E-state index contributed by atoms with van der Waals surface area (Å²) in [6.45, 7) is 2.08. The fraction of sp³-hybridized carbons (Fsp3) is 0.0909. The van der Waals surface area contributed by atoms with Crippen molar-refractivity contribution in [3.63, 3.8) is 0 Å². The Balaban J connectivity index is 2.65. The molecule has 1 aliphatic rings. The van der Waals surface area contributed by atoms with Gasteiger partial charge in [0.1, 0.15) is 0 Å². The maximum Gasteiger partial charge on any atom is 0.0686 e. The number of aryl methyl sites for hydroxylation is 1. The van der Waals surface area contributed by atoms with Crippen molar-refractivity contribution in [2.75, 3.05) is 0 Å². The van der Waals surface area contributed by atoms with Gasteiger partial charge in [-0.05, 0) is 24.6 Å². The summed E-state index contributed by atoms with van der Waals surface area (Å²) in [4.78, 5) is 4.06. The molecule has 0 aromatic heterocycles. The number of rotatable bonds is 0. The molecule has 0 radical (unpaired) electrons. The lowest BCUT2D eigenvalue weighted by Gasteiger charge is -1.99. The van der Waals surface area contributed by atoms with E-state index in [1.807, 2.05) is 12.3 Å². The molecule has 1 nitrogen and oxygen atoms in total. The Morgan fingerprint density at radius 3 is 3.08 bits per heavy atom. The molecule has 2 rings (SSSR count). The number of hydrogen-bond acceptors (Lipinski definition) is 1. The van der Waals surface area contributed by atoms with Gasteiger partial charge in [0.15, 0.2) is 0 Å². The number of nitrogens with zero attached hydrogens (tertiary/aromatic N) is 1. The van der Waals surface area contributed by atoms with Crippen molar-refractivity contribution in [1.82, 2.24) is 0 Å². The van der Waals surface area contributed by atoms with Crippen LogP contribution in [0.4, 0.5) is 0 Å². The second kappa shape index (κ2) is 2.80. The highest BCUT2D eigenvalue weighted by molar-refractivity contribution is 5.86. The fourth-order valence-corrected chi connectivity index (χ4v) is 1.23. The summed E-state index contributed by atoms with van der Waals surface area (Å²) in [5.41, 5.74) is 6.58. The normalized spacial score (nSPS) is 12.8. The van der Waals surface area contributed by atoms with E-state index in [-0.39, 0.29) is 0 Å². The average Bonchev–Trinajstić information content (AvgIpc) is 2.28. The Bertz CT molecular complexity index is 393. The monoisotopic (exact) mass is 155 g/mol. The van der Waals surface area contributed by atoms with Gasteiger partial charge in [-0.25, -0.2) is 0 Å². The summed E-state index contributed by atoms with van der Waals surface area (Å²) in [6, 6.07) is 6.30. The quantitative estimate of drug-likeness (QED) is 0.510. The molecule has 1 aromatic carbocycles. The highest BCUT2D eigenvalue weighted by Crippen LogP contribution is 2.12. The molecule has 0 aliphatic carbocycles. The molecule has 12 heavy (non-hydrogen) atoms. The van der Waals surface area contributed by atoms with Crippen LogP contribution in [0.2, 0.25) is 0 Å². The predicted molar refractivity (Wildman–Crippen MR) is 51.3 cm³/mol.